The predicted octanol–water partition coefficient (Wildman–Crippen LogP) is 3.91. The van der Waals surface area contributed by atoms with Crippen molar-refractivity contribution in [2.45, 2.75) is 26.7 Å². The Hall–Kier alpha value is -1.35. The van der Waals surface area contributed by atoms with E-state index in [1.165, 1.54) is 12.8 Å². The Labute approximate surface area is 118 Å². The lowest BCUT2D eigenvalue weighted by Gasteiger charge is -2.38. The standard InChI is InChI=1S/C15H18ClN3/c1-15(2)8-5-9-19(10-15)14-12-7-4-3-6-11(12)13(16)17-18-14/h3-4,6-7H,5,8-10H2,1-2H3. The zero-order valence-electron chi connectivity index (χ0n) is 11.4. The third-order valence-electron chi connectivity index (χ3n) is 3.82. The molecule has 0 aliphatic carbocycles. The molecule has 0 amide bonds. The van der Waals surface area contributed by atoms with E-state index in [0.29, 0.717) is 10.6 Å². The molecule has 1 fully saturated rings. The highest BCUT2D eigenvalue weighted by atomic mass is 35.5. The largest absolute Gasteiger partial charge is 0.354 e. The molecule has 1 aliphatic heterocycles. The molecule has 0 N–H and O–H groups in total. The van der Waals surface area contributed by atoms with E-state index < -0.39 is 0 Å². The van der Waals surface area contributed by atoms with Gasteiger partial charge in [0.25, 0.3) is 0 Å². The van der Waals surface area contributed by atoms with Crippen LogP contribution in [-0.4, -0.2) is 23.3 Å². The molecule has 3 rings (SSSR count). The Balaban J connectivity index is 2.08. The van der Waals surface area contributed by atoms with Gasteiger partial charge in [-0.25, -0.2) is 0 Å². The number of anilines is 1. The Kier molecular flexibility index (Phi) is 3.09. The predicted molar refractivity (Wildman–Crippen MR) is 79.8 cm³/mol. The molecule has 2 aromatic rings. The number of piperidine rings is 1. The van der Waals surface area contributed by atoms with Gasteiger partial charge in [0.05, 0.1) is 0 Å². The first-order valence-corrected chi connectivity index (χ1v) is 7.10. The average molecular weight is 276 g/mol. The molecule has 0 spiro atoms. The van der Waals surface area contributed by atoms with E-state index in [-0.39, 0.29) is 0 Å². The Morgan fingerprint density at radius 1 is 1.16 bits per heavy atom. The minimum absolute atomic E-state index is 0.334. The van der Waals surface area contributed by atoms with Gasteiger partial charge in [0.15, 0.2) is 11.0 Å². The van der Waals surface area contributed by atoms with Gasteiger partial charge in [-0.05, 0) is 18.3 Å². The maximum absolute atomic E-state index is 6.13. The lowest BCUT2D eigenvalue weighted by Crippen LogP contribution is -2.40. The van der Waals surface area contributed by atoms with Crippen molar-refractivity contribution in [3.63, 3.8) is 0 Å². The summed E-state index contributed by atoms with van der Waals surface area (Å²) in [5.41, 5.74) is 0.334. The molecule has 1 aromatic heterocycles. The molecule has 4 heteroatoms. The average Bonchev–Trinajstić information content (AvgIpc) is 2.38. The minimum atomic E-state index is 0.334. The number of nitrogens with zero attached hydrogens (tertiary/aromatic N) is 3. The first-order chi connectivity index (χ1) is 9.07. The summed E-state index contributed by atoms with van der Waals surface area (Å²) in [6.45, 7) is 6.69. The van der Waals surface area contributed by atoms with Crippen molar-refractivity contribution in [2.24, 2.45) is 5.41 Å². The van der Waals surface area contributed by atoms with E-state index in [2.05, 4.69) is 35.0 Å². The maximum atomic E-state index is 6.13. The van der Waals surface area contributed by atoms with Gasteiger partial charge in [-0.3, -0.25) is 0 Å². The van der Waals surface area contributed by atoms with E-state index in [9.17, 15) is 0 Å². The molecule has 19 heavy (non-hydrogen) atoms. The Morgan fingerprint density at radius 2 is 1.89 bits per heavy atom. The number of hydrogen-bond acceptors (Lipinski definition) is 3. The van der Waals surface area contributed by atoms with E-state index in [4.69, 9.17) is 11.6 Å². The molecular formula is C15H18ClN3. The fourth-order valence-corrected chi connectivity index (χ4v) is 3.10. The first kappa shape index (κ1) is 12.7. The highest BCUT2D eigenvalue weighted by Crippen LogP contribution is 2.34. The highest BCUT2D eigenvalue weighted by Gasteiger charge is 2.28. The summed E-state index contributed by atoms with van der Waals surface area (Å²) >= 11 is 6.13. The van der Waals surface area contributed by atoms with Crippen LogP contribution in [0.2, 0.25) is 5.15 Å². The molecule has 0 unspecified atom stereocenters. The van der Waals surface area contributed by atoms with Crippen LogP contribution in [0.15, 0.2) is 24.3 Å². The summed E-state index contributed by atoms with van der Waals surface area (Å²) in [5, 5.41) is 11.0. The summed E-state index contributed by atoms with van der Waals surface area (Å²) in [4.78, 5) is 2.34. The molecule has 1 aromatic carbocycles. The SMILES string of the molecule is CC1(C)CCCN(c2nnc(Cl)c3ccccc23)C1. The Morgan fingerprint density at radius 3 is 2.63 bits per heavy atom. The second-order valence-electron chi connectivity index (χ2n) is 6.05. The summed E-state index contributed by atoms with van der Waals surface area (Å²) in [7, 11) is 0. The molecule has 3 nitrogen and oxygen atoms in total. The van der Waals surface area contributed by atoms with Gasteiger partial charge in [-0.15, -0.1) is 10.2 Å². The smallest absolute Gasteiger partial charge is 0.159 e. The van der Waals surface area contributed by atoms with E-state index >= 15 is 0 Å². The fourth-order valence-electron chi connectivity index (χ4n) is 2.89. The van der Waals surface area contributed by atoms with E-state index in [1.807, 2.05) is 18.2 Å². The zero-order valence-corrected chi connectivity index (χ0v) is 12.1. The van der Waals surface area contributed by atoms with Gasteiger partial charge in [0, 0.05) is 23.9 Å². The topological polar surface area (TPSA) is 29.0 Å². The molecule has 1 aliphatic rings. The van der Waals surface area contributed by atoms with Crippen molar-refractivity contribution in [1.29, 1.82) is 0 Å². The molecule has 0 radical (unpaired) electrons. The summed E-state index contributed by atoms with van der Waals surface area (Å²) in [6, 6.07) is 8.09. The minimum Gasteiger partial charge on any atom is -0.354 e. The van der Waals surface area contributed by atoms with E-state index in [0.717, 1.165) is 29.7 Å². The van der Waals surface area contributed by atoms with Crippen molar-refractivity contribution in [1.82, 2.24) is 10.2 Å². The monoisotopic (exact) mass is 275 g/mol. The number of hydrogen-bond donors (Lipinski definition) is 0. The second kappa shape index (κ2) is 4.64. The van der Waals surface area contributed by atoms with Crippen LogP contribution in [0.3, 0.4) is 0 Å². The quantitative estimate of drug-likeness (QED) is 0.790. The van der Waals surface area contributed by atoms with Crippen LogP contribution in [-0.2, 0) is 0 Å². The van der Waals surface area contributed by atoms with Gasteiger partial charge in [0.1, 0.15) is 0 Å². The first-order valence-electron chi connectivity index (χ1n) is 6.73. The third-order valence-corrected chi connectivity index (χ3v) is 4.10. The van der Waals surface area contributed by atoms with E-state index in [1.54, 1.807) is 0 Å². The number of halogens is 1. The highest BCUT2D eigenvalue weighted by molar-refractivity contribution is 6.34. The van der Waals surface area contributed by atoms with Gasteiger partial charge < -0.3 is 4.90 Å². The van der Waals surface area contributed by atoms with Gasteiger partial charge in [-0.1, -0.05) is 49.7 Å². The van der Waals surface area contributed by atoms with Crippen LogP contribution >= 0.6 is 11.6 Å². The van der Waals surface area contributed by atoms with Crippen LogP contribution in [0.1, 0.15) is 26.7 Å². The second-order valence-corrected chi connectivity index (χ2v) is 6.41. The number of benzene rings is 1. The molecule has 2 heterocycles. The molecule has 0 saturated carbocycles. The van der Waals surface area contributed by atoms with Gasteiger partial charge in [-0.2, -0.15) is 0 Å². The summed E-state index contributed by atoms with van der Waals surface area (Å²) in [6.07, 6.45) is 2.47. The van der Waals surface area contributed by atoms with Crippen molar-refractivity contribution >= 4 is 28.2 Å². The molecule has 100 valence electrons. The molecular weight excluding hydrogens is 258 g/mol. The third kappa shape index (κ3) is 2.39. The van der Waals surface area contributed by atoms with Gasteiger partial charge in [0.2, 0.25) is 0 Å². The van der Waals surface area contributed by atoms with Crippen molar-refractivity contribution in [3.8, 4) is 0 Å². The van der Waals surface area contributed by atoms with Gasteiger partial charge >= 0.3 is 0 Å². The molecule has 0 bridgehead atoms. The van der Waals surface area contributed by atoms with Crippen LogP contribution < -0.4 is 4.90 Å². The van der Waals surface area contributed by atoms with Crippen LogP contribution in [0.4, 0.5) is 5.82 Å². The van der Waals surface area contributed by atoms with Crippen LogP contribution in [0.25, 0.3) is 10.8 Å². The normalized spacial score (nSPS) is 18.8. The number of fused-ring (bicyclic) bond motifs is 1. The number of rotatable bonds is 1. The lowest BCUT2D eigenvalue weighted by atomic mass is 9.84. The molecule has 1 saturated heterocycles. The molecule has 0 atom stereocenters. The Bertz CT molecular complexity index is 609. The summed E-state index contributed by atoms with van der Waals surface area (Å²) in [5.74, 6) is 0.966. The van der Waals surface area contributed by atoms with Crippen molar-refractivity contribution < 1.29 is 0 Å². The van der Waals surface area contributed by atoms with Crippen molar-refractivity contribution in [3.05, 3.63) is 29.4 Å². The van der Waals surface area contributed by atoms with Crippen LogP contribution in [0.5, 0.6) is 0 Å². The number of aromatic nitrogens is 2. The van der Waals surface area contributed by atoms with Crippen molar-refractivity contribution in [2.75, 3.05) is 18.0 Å². The fraction of sp³-hybridized carbons (Fsp3) is 0.467. The van der Waals surface area contributed by atoms with Crippen LogP contribution in [0, 0.1) is 5.41 Å². The zero-order chi connectivity index (χ0) is 13.5. The lowest BCUT2D eigenvalue weighted by molar-refractivity contribution is 0.292. The summed E-state index contributed by atoms with van der Waals surface area (Å²) < 4.78 is 0. The maximum Gasteiger partial charge on any atom is 0.159 e.